The number of hydrogen-bond acceptors (Lipinski definition) is 1. The lowest BCUT2D eigenvalue weighted by molar-refractivity contribution is 0.0987. The van der Waals surface area contributed by atoms with E-state index in [9.17, 15) is 0 Å². The van der Waals surface area contributed by atoms with Crippen molar-refractivity contribution < 1.29 is 4.43 Å². The SMILES string of the molecule is CC(C)(C)C(O[Si])c1ccc2ccc3cccc4ccc1c2c34. The first-order valence-corrected chi connectivity index (χ1v) is 8.40. The summed E-state index contributed by atoms with van der Waals surface area (Å²) in [6, 6.07) is 19.8. The molecule has 4 aromatic carbocycles. The second-order valence-corrected chi connectivity index (χ2v) is 7.61. The van der Waals surface area contributed by atoms with Crippen molar-refractivity contribution in [1.82, 2.24) is 0 Å². The summed E-state index contributed by atoms with van der Waals surface area (Å²) in [7, 11) is 3.31. The van der Waals surface area contributed by atoms with Crippen molar-refractivity contribution in [2.45, 2.75) is 26.9 Å². The first kappa shape index (κ1) is 14.7. The number of hydrogen-bond donors (Lipinski definition) is 0. The lowest BCUT2D eigenvalue weighted by Gasteiger charge is -2.31. The molecule has 1 unspecified atom stereocenters. The molecule has 4 rings (SSSR count). The Labute approximate surface area is 140 Å². The van der Waals surface area contributed by atoms with Crippen molar-refractivity contribution >= 4 is 42.8 Å². The summed E-state index contributed by atoms with van der Waals surface area (Å²) in [6.45, 7) is 6.61. The lowest BCUT2D eigenvalue weighted by Crippen LogP contribution is -2.20. The Kier molecular flexibility index (Phi) is 3.22. The quantitative estimate of drug-likeness (QED) is 0.337. The van der Waals surface area contributed by atoms with Crippen LogP contribution in [0.1, 0.15) is 32.4 Å². The molecule has 0 amide bonds. The van der Waals surface area contributed by atoms with Gasteiger partial charge in [0.05, 0.1) is 6.10 Å². The fourth-order valence-electron chi connectivity index (χ4n) is 3.69. The van der Waals surface area contributed by atoms with E-state index in [4.69, 9.17) is 4.43 Å². The fraction of sp³-hybridized carbons (Fsp3) is 0.238. The highest BCUT2D eigenvalue weighted by atomic mass is 28.2. The third-order valence-electron chi connectivity index (χ3n) is 4.75. The van der Waals surface area contributed by atoms with Crippen molar-refractivity contribution in [1.29, 1.82) is 0 Å². The van der Waals surface area contributed by atoms with Crippen LogP contribution in [-0.4, -0.2) is 10.5 Å². The van der Waals surface area contributed by atoms with Crippen molar-refractivity contribution in [3.8, 4) is 0 Å². The van der Waals surface area contributed by atoms with Gasteiger partial charge in [-0.05, 0) is 43.3 Å². The smallest absolute Gasteiger partial charge is 0.247 e. The van der Waals surface area contributed by atoms with Crippen LogP contribution in [-0.2, 0) is 4.43 Å². The molecule has 0 spiro atoms. The highest BCUT2D eigenvalue weighted by molar-refractivity contribution is 6.23. The first-order chi connectivity index (χ1) is 11.0. The van der Waals surface area contributed by atoms with Crippen LogP contribution in [0.25, 0.3) is 32.3 Å². The van der Waals surface area contributed by atoms with Crippen molar-refractivity contribution in [3.63, 3.8) is 0 Å². The van der Waals surface area contributed by atoms with Gasteiger partial charge >= 0.3 is 0 Å². The van der Waals surface area contributed by atoms with Crippen molar-refractivity contribution in [2.75, 3.05) is 0 Å². The molecule has 0 aliphatic rings. The average molecular weight is 315 g/mol. The van der Waals surface area contributed by atoms with Gasteiger partial charge in [0.2, 0.25) is 10.5 Å². The summed E-state index contributed by atoms with van der Waals surface area (Å²) in [5.41, 5.74) is 1.24. The lowest BCUT2D eigenvalue weighted by atomic mass is 9.81. The Morgan fingerprint density at radius 1 is 0.783 bits per heavy atom. The summed E-state index contributed by atoms with van der Waals surface area (Å²) in [4.78, 5) is 0. The first-order valence-electron chi connectivity index (χ1n) is 7.99. The largest absolute Gasteiger partial charge is 0.411 e. The van der Waals surface area contributed by atoms with Crippen LogP contribution in [0.15, 0.2) is 54.6 Å². The maximum absolute atomic E-state index is 5.70. The molecule has 0 N–H and O–H groups in total. The van der Waals surface area contributed by atoms with Gasteiger partial charge in [0.25, 0.3) is 0 Å². The Balaban J connectivity index is 2.15. The van der Waals surface area contributed by atoms with E-state index in [1.165, 1.54) is 37.9 Å². The van der Waals surface area contributed by atoms with Gasteiger partial charge in [0.15, 0.2) is 0 Å². The van der Waals surface area contributed by atoms with E-state index in [2.05, 4.69) is 85.9 Å². The van der Waals surface area contributed by atoms with E-state index in [0.717, 1.165) is 0 Å². The molecule has 0 saturated heterocycles. The molecule has 2 heteroatoms. The highest BCUT2D eigenvalue weighted by Gasteiger charge is 2.27. The monoisotopic (exact) mass is 315 g/mol. The normalized spacial score (nSPS) is 14.1. The third-order valence-corrected chi connectivity index (χ3v) is 4.98. The standard InChI is InChI=1S/C21H19OSi/c1-21(2,3)20(22-23)17-12-10-15-8-7-13-5-4-6-14-9-11-16(17)19(15)18(13)14/h4-12,20H,1-3H3. The van der Waals surface area contributed by atoms with Crippen LogP contribution in [0, 0.1) is 5.41 Å². The molecule has 0 heterocycles. The summed E-state index contributed by atoms with van der Waals surface area (Å²) in [5.74, 6) is 0. The minimum atomic E-state index is -0.0104. The molecule has 0 aliphatic heterocycles. The molecular weight excluding hydrogens is 296 g/mol. The van der Waals surface area contributed by atoms with E-state index in [1.807, 2.05) is 0 Å². The van der Waals surface area contributed by atoms with E-state index in [-0.39, 0.29) is 11.5 Å². The van der Waals surface area contributed by atoms with E-state index >= 15 is 0 Å². The maximum atomic E-state index is 5.70. The van der Waals surface area contributed by atoms with Gasteiger partial charge in [-0.15, -0.1) is 0 Å². The summed E-state index contributed by atoms with van der Waals surface area (Å²) < 4.78 is 5.70. The average Bonchev–Trinajstić information content (AvgIpc) is 2.53. The summed E-state index contributed by atoms with van der Waals surface area (Å²) in [6.07, 6.45) is -0.0104. The molecule has 4 aromatic rings. The molecular formula is C21H19OSi. The molecule has 0 saturated carbocycles. The van der Waals surface area contributed by atoms with Crippen LogP contribution in [0.3, 0.4) is 0 Å². The van der Waals surface area contributed by atoms with Crippen LogP contribution < -0.4 is 0 Å². The van der Waals surface area contributed by atoms with E-state index in [0.29, 0.717) is 0 Å². The van der Waals surface area contributed by atoms with Crippen LogP contribution in [0.4, 0.5) is 0 Å². The second-order valence-electron chi connectivity index (χ2n) is 7.37. The summed E-state index contributed by atoms with van der Waals surface area (Å²) >= 11 is 0. The van der Waals surface area contributed by atoms with Gasteiger partial charge in [-0.3, -0.25) is 0 Å². The third kappa shape index (κ3) is 2.17. The Hall–Kier alpha value is -1.90. The zero-order chi connectivity index (χ0) is 16.2. The molecule has 0 aromatic heterocycles. The van der Waals surface area contributed by atoms with Crippen molar-refractivity contribution in [3.05, 3.63) is 60.2 Å². The molecule has 3 radical (unpaired) electrons. The highest BCUT2D eigenvalue weighted by Crippen LogP contribution is 2.42. The van der Waals surface area contributed by atoms with Crippen LogP contribution in [0.5, 0.6) is 0 Å². The molecule has 1 atom stereocenters. The Morgan fingerprint density at radius 2 is 1.35 bits per heavy atom. The van der Waals surface area contributed by atoms with E-state index in [1.54, 1.807) is 0 Å². The predicted molar refractivity (Wildman–Crippen MR) is 99.2 cm³/mol. The molecule has 0 fully saturated rings. The number of rotatable bonds is 2. The molecule has 23 heavy (non-hydrogen) atoms. The van der Waals surface area contributed by atoms with Gasteiger partial charge in [-0.2, -0.15) is 0 Å². The Bertz CT molecular complexity index is 981. The van der Waals surface area contributed by atoms with Gasteiger partial charge in [0, 0.05) is 0 Å². The van der Waals surface area contributed by atoms with Gasteiger partial charge in [-0.1, -0.05) is 75.4 Å². The van der Waals surface area contributed by atoms with Gasteiger partial charge < -0.3 is 4.43 Å². The van der Waals surface area contributed by atoms with Crippen LogP contribution >= 0.6 is 0 Å². The van der Waals surface area contributed by atoms with Gasteiger partial charge in [-0.25, -0.2) is 0 Å². The van der Waals surface area contributed by atoms with E-state index < -0.39 is 0 Å². The molecule has 0 aliphatic carbocycles. The fourth-order valence-corrected chi connectivity index (χ4v) is 4.17. The molecule has 1 nitrogen and oxygen atoms in total. The van der Waals surface area contributed by atoms with Crippen molar-refractivity contribution in [2.24, 2.45) is 5.41 Å². The maximum Gasteiger partial charge on any atom is 0.247 e. The topological polar surface area (TPSA) is 9.23 Å². The molecule has 0 bridgehead atoms. The second kappa shape index (κ2) is 5.05. The minimum absolute atomic E-state index is 0.00459. The number of benzene rings is 4. The zero-order valence-electron chi connectivity index (χ0n) is 13.7. The minimum Gasteiger partial charge on any atom is -0.411 e. The molecule has 113 valence electrons. The summed E-state index contributed by atoms with van der Waals surface area (Å²) in [5, 5.41) is 7.86. The van der Waals surface area contributed by atoms with Crippen LogP contribution in [0.2, 0.25) is 0 Å². The van der Waals surface area contributed by atoms with Gasteiger partial charge in [0.1, 0.15) is 0 Å². The predicted octanol–water partition coefficient (Wildman–Crippen LogP) is 5.77. The zero-order valence-corrected chi connectivity index (χ0v) is 14.7. The Morgan fingerprint density at radius 3 is 1.96 bits per heavy atom.